The molecule has 0 aliphatic carbocycles. The van der Waals surface area contributed by atoms with Crippen LogP contribution in [0, 0.1) is 5.92 Å². The van der Waals surface area contributed by atoms with Gasteiger partial charge < -0.3 is 4.74 Å². The minimum absolute atomic E-state index is 0.0338. The fourth-order valence-electron chi connectivity index (χ4n) is 5.30. The Morgan fingerprint density at radius 1 is 0.829 bits per heavy atom. The van der Waals surface area contributed by atoms with Gasteiger partial charge in [0.15, 0.2) is 0 Å². The van der Waals surface area contributed by atoms with Crippen LogP contribution in [0.1, 0.15) is 48.5 Å². The summed E-state index contributed by atoms with van der Waals surface area (Å²) in [5.74, 6) is 1.88. The molecular formula is C37H35BrN2O. The van der Waals surface area contributed by atoms with Crippen LogP contribution in [0.2, 0.25) is 0 Å². The Kier molecular flexibility index (Phi) is 6.57. The first-order chi connectivity index (χ1) is 20.4. The number of ether oxygens (including phenoxy) is 1. The molecule has 0 saturated heterocycles. The summed E-state index contributed by atoms with van der Waals surface area (Å²) in [6.45, 7) is 10.4. The molecule has 0 aliphatic rings. The van der Waals surface area contributed by atoms with Gasteiger partial charge in [0.05, 0.1) is 11.0 Å². The fourth-order valence-corrected chi connectivity index (χ4v) is 5.68. The Morgan fingerprint density at radius 2 is 1.56 bits per heavy atom. The van der Waals surface area contributed by atoms with Gasteiger partial charge in [0.25, 0.3) is 0 Å². The fraction of sp³-hybridized carbons (Fsp3) is 0.216. The lowest BCUT2D eigenvalue weighted by Gasteiger charge is -2.20. The van der Waals surface area contributed by atoms with E-state index in [9.17, 15) is 2.74 Å². The summed E-state index contributed by atoms with van der Waals surface area (Å²) in [6, 6.07) is 32.5. The van der Waals surface area contributed by atoms with Crippen LogP contribution in [0.3, 0.4) is 0 Å². The maximum absolute atomic E-state index is 9.18. The molecule has 206 valence electrons. The quantitative estimate of drug-likeness (QED) is 0.189. The minimum Gasteiger partial charge on any atom is -0.457 e. The number of aromatic nitrogens is 2. The van der Waals surface area contributed by atoms with E-state index in [0.29, 0.717) is 17.1 Å². The lowest BCUT2D eigenvalue weighted by atomic mass is 9.86. The Labute approximate surface area is 253 Å². The molecule has 4 aromatic carbocycles. The topological polar surface area (TPSA) is 27.1 Å². The molecule has 0 spiro atoms. The molecule has 0 aliphatic heterocycles. The third-order valence-electron chi connectivity index (χ3n) is 7.30. The normalized spacial score (nSPS) is 13.0. The van der Waals surface area contributed by atoms with Crippen molar-refractivity contribution >= 4 is 37.7 Å². The summed E-state index contributed by atoms with van der Waals surface area (Å²) in [5.41, 5.74) is 5.61. The molecular weight excluding hydrogens is 568 g/mol. The number of benzene rings is 4. The van der Waals surface area contributed by atoms with E-state index in [4.69, 9.17) is 9.72 Å². The van der Waals surface area contributed by atoms with Gasteiger partial charge in [-0.15, -0.1) is 0 Å². The summed E-state index contributed by atoms with van der Waals surface area (Å²) >= 11 is 3.53. The molecule has 6 aromatic rings. The van der Waals surface area contributed by atoms with Crippen molar-refractivity contribution in [1.29, 1.82) is 0 Å². The minimum atomic E-state index is -1.58. The second kappa shape index (κ2) is 10.8. The molecule has 41 heavy (non-hydrogen) atoms. The molecule has 0 atom stereocenters. The number of hydrogen-bond acceptors (Lipinski definition) is 2. The van der Waals surface area contributed by atoms with Crippen LogP contribution in [-0.4, -0.2) is 9.55 Å². The Morgan fingerprint density at radius 3 is 2.29 bits per heavy atom. The highest BCUT2D eigenvalue weighted by Gasteiger charge is 2.18. The van der Waals surface area contributed by atoms with E-state index in [1.54, 1.807) is 0 Å². The van der Waals surface area contributed by atoms with Crippen LogP contribution in [0.5, 0.6) is 11.5 Å². The summed E-state index contributed by atoms with van der Waals surface area (Å²) in [5, 5.41) is 2.18. The number of rotatable bonds is 6. The third-order valence-corrected chi connectivity index (χ3v) is 7.79. The highest BCUT2D eigenvalue weighted by Crippen LogP contribution is 2.37. The van der Waals surface area contributed by atoms with Crippen molar-refractivity contribution in [3.8, 4) is 28.4 Å². The van der Waals surface area contributed by atoms with Crippen molar-refractivity contribution in [2.24, 2.45) is 5.92 Å². The number of para-hydroxylation sites is 1. The van der Waals surface area contributed by atoms with Crippen LogP contribution < -0.4 is 4.74 Å². The van der Waals surface area contributed by atoms with Gasteiger partial charge >= 0.3 is 0 Å². The maximum atomic E-state index is 9.18. The summed E-state index contributed by atoms with van der Waals surface area (Å²) in [4.78, 5) is 4.98. The van der Waals surface area contributed by atoms with E-state index < -0.39 is 6.37 Å². The van der Waals surface area contributed by atoms with Gasteiger partial charge in [-0.25, -0.2) is 4.98 Å². The number of hydrogen-bond donors (Lipinski definition) is 0. The van der Waals surface area contributed by atoms with Gasteiger partial charge in [-0.2, -0.15) is 0 Å². The smallest absolute Gasteiger partial charge is 0.137 e. The summed E-state index contributed by atoms with van der Waals surface area (Å²) < 4.78 is 27.7. The molecule has 0 radical (unpaired) electrons. The van der Waals surface area contributed by atoms with Crippen molar-refractivity contribution in [2.45, 2.75) is 46.4 Å². The van der Waals surface area contributed by atoms with Gasteiger partial charge in [-0.05, 0) is 76.9 Å². The molecule has 0 saturated carbocycles. The standard InChI is InChI=1S/C37H35BrN2O/c1-24(2)19-26-20-36(39-23-33(26)25-13-15-27(16-14-25)37(3,4)5)40-34-12-7-6-11-31(34)32-18-17-30(22-35(32)40)41-29-10-8-9-28(38)21-29/h6-18,20-24H,19H2,1-5H3/i19D2. The molecule has 0 fully saturated rings. The lowest BCUT2D eigenvalue weighted by molar-refractivity contribution is 0.483. The second-order valence-corrected chi connectivity index (χ2v) is 12.7. The first kappa shape index (κ1) is 24.9. The Bertz CT molecular complexity index is 1950. The molecule has 0 amide bonds. The van der Waals surface area contributed by atoms with Crippen molar-refractivity contribution in [2.75, 3.05) is 0 Å². The van der Waals surface area contributed by atoms with Crippen LogP contribution in [0.25, 0.3) is 38.8 Å². The van der Waals surface area contributed by atoms with E-state index in [1.807, 2.05) is 74.6 Å². The van der Waals surface area contributed by atoms with E-state index >= 15 is 0 Å². The van der Waals surface area contributed by atoms with Crippen molar-refractivity contribution in [1.82, 2.24) is 9.55 Å². The molecule has 6 rings (SSSR count). The third kappa shape index (κ3) is 5.54. The molecule has 0 unspecified atom stereocenters. The molecule has 2 heterocycles. The number of pyridine rings is 1. The number of halogens is 1. The predicted octanol–water partition coefficient (Wildman–Crippen LogP) is 10.9. The molecule has 0 N–H and O–H groups in total. The SMILES string of the molecule is [2H]C([2H])(c1cc(-n2c3ccccc3c3ccc(Oc4cccc(Br)c4)cc32)ncc1-c1ccc(C(C)(C)C)cc1)C(C)C. The van der Waals surface area contributed by atoms with Crippen molar-refractivity contribution in [3.63, 3.8) is 0 Å². The van der Waals surface area contributed by atoms with E-state index in [2.05, 4.69) is 83.7 Å². The molecule has 2 aromatic heterocycles. The average Bonchev–Trinajstić information content (AvgIpc) is 3.30. The zero-order chi connectivity index (χ0) is 30.5. The maximum Gasteiger partial charge on any atom is 0.137 e. The highest BCUT2D eigenvalue weighted by molar-refractivity contribution is 9.10. The first-order valence-corrected chi connectivity index (χ1v) is 14.8. The Balaban J connectivity index is 1.55. The predicted molar refractivity (Wildman–Crippen MR) is 175 cm³/mol. The first-order valence-electron chi connectivity index (χ1n) is 15.0. The van der Waals surface area contributed by atoms with E-state index in [-0.39, 0.29) is 11.3 Å². The number of fused-ring (bicyclic) bond motifs is 3. The average molecular weight is 606 g/mol. The lowest BCUT2D eigenvalue weighted by Crippen LogP contribution is -2.10. The molecule has 3 nitrogen and oxygen atoms in total. The molecule has 0 bridgehead atoms. The van der Waals surface area contributed by atoms with Gasteiger partial charge in [0, 0.05) is 35.8 Å². The van der Waals surface area contributed by atoms with Gasteiger partial charge in [0.1, 0.15) is 17.3 Å². The van der Waals surface area contributed by atoms with Crippen LogP contribution in [0.4, 0.5) is 0 Å². The second-order valence-electron chi connectivity index (χ2n) is 11.8. The Hall–Kier alpha value is -3.89. The van der Waals surface area contributed by atoms with Gasteiger partial charge in [-0.3, -0.25) is 4.57 Å². The number of nitrogens with zero attached hydrogens (tertiary/aromatic N) is 2. The highest BCUT2D eigenvalue weighted by atomic mass is 79.9. The zero-order valence-electron chi connectivity index (χ0n) is 26.1. The van der Waals surface area contributed by atoms with E-state index in [0.717, 1.165) is 43.2 Å². The largest absolute Gasteiger partial charge is 0.457 e. The van der Waals surface area contributed by atoms with Crippen molar-refractivity contribution < 1.29 is 7.48 Å². The summed E-state index contributed by atoms with van der Waals surface area (Å²) in [7, 11) is 0. The van der Waals surface area contributed by atoms with Gasteiger partial charge in [0.2, 0.25) is 0 Å². The van der Waals surface area contributed by atoms with Gasteiger partial charge in [-0.1, -0.05) is 99.1 Å². The van der Waals surface area contributed by atoms with Crippen LogP contribution in [0.15, 0.2) is 108 Å². The van der Waals surface area contributed by atoms with Crippen LogP contribution in [-0.2, 0) is 11.8 Å². The van der Waals surface area contributed by atoms with Crippen LogP contribution >= 0.6 is 15.9 Å². The summed E-state index contributed by atoms with van der Waals surface area (Å²) in [6.07, 6.45) is 0.253. The van der Waals surface area contributed by atoms with E-state index in [1.165, 1.54) is 5.56 Å². The monoisotopic (exact) mass is 604 g/mol. The zero-order valence-corrected chi connectivity index (χ0v) is 25.7. The van der Waals surface area contributed by atoms with Crippen molar-refractivity contribution in [3.05, 3.63) is 119 Å². The molecule has 4 heteroatoms.